The maximum absolute atomic E-state index is 13.0. The fourth-order valence-electron chi connectivity index (χ4n) is 3.90. The number of nitrogens with one attached hydrogen (secondary N) is 1. The Bertz CT molecular complexity index is 1250. The van der Waals surface area contributed by atoms with Gasteiger partial charge < -0.3 is 10.1 Å². The van der Waals surface area contributed by atoms with Crippen molar-refractivity contribution in [3.63, 3.8) is 0 Å². The molecule has 0 unspecified atom stereocenters. The van der Waals surface area contributed by atoms with Gasteiger partial charge in [-0.2, -0.15) is 12.7 Å². The molecule has 36 heavy (non-hydrogen) atoms. The fourth-order valence-corrected chi connectivity index (χ4v) is 5.85. The third kappa shape index (κ3) is 7.25. The van der Waals surface area contributed by atoms with Gasteiger partial charge in [0.1, 0.15) is 11.6 Å². The van der Waals surface area contributed by atoms with E-state index in [1.165, 1.54) is 16.4 Å². The summed E-state index contributed by atoms with van der Waals surface area (Å²) in [5.74, 6) is 0.110. The van der Waals surface area contributed by atoms with Crippen LogP contribution in [0.3, 0.4) is 0 Å². The summed E-state index contributed by atoms with van der Waals surface area (Å²) in [7, 11) is -8.25. The SMILES string of the molecule is CC(C)(CCCOc1ccc(F)cc1)C(=O)NC1CCN(S(=O)(=O)c2ccc(S(=O)(=O)O)cc2)CC1. The number of amides is 1. The minimum atomic E-state index is -4.41. The van der Waals surface area contributed by atoms with Crippen LogP contribution in [0.15, 0.2) is 58.3 Å². The Balaban J connectivity index is 1.46. The topological polar surface area (TPSA) is 130 Å². The molecule has 1 heterocycles. The van der Waals surface area contributed by atoms with Gasteiger partial charge in [-0.3, -0.25) is 9.35 Å². The summed E-state index contributed by atoms with van der Waals surface area (Å²) in [6, 6.07) is 9.96. The van der Waals surface area contributed by atoms with Crippen LogP contribution in [0.1, 0.15) is 39.5 Å². The van der Waals surface area contributed by atoms with E-state index in [-0.39, 0.29) is 40.6 Å². The van der Waals surface area contributed by atoms with Gasteiger partial charge in [0, 0.05) is 24.5 Å². The molecule has 2 aromatic rings. The van der Waals surface area contributed by atoms with Crippen LogP contribution >= 0.6 is 0 Å². The smallest absolute Gasteiger partial charge is 0.294 e. The summed E-state index contributed by atoms with van der Waals surface area (Å²) >= 11 is 0. The average molecular weight is 543 g/mol. The summed E-state index contributed by atoms with van der Waals surface area (Å²) in [4.78, 5) is 12.4. The summed E-state index contributed by atoms with van der Waals surface area (Å²) in [6.07, 6.45) is 2.09. The molecule has 1 saturated heterocycles. The number of nitrogens with zero attached hydrogens (tertiary/aromatic N) is 1. The maximum atomic E-state index is 13.0. The standard InChI is InChI=1S/C24H31FN2O7S2/c1-24(2,14-3-17-34-20-6-4-18(25)5-7-20)23(28)26-19-12-15-27(16-13-19)35(29,30)21-8-10-22(11-9-21)36(31,32)33/h4-11,19H,3,12-17H2,1-2H3,(H,26,28)(H,31,32,33). The van der Waals surface area contributed by atoms with Crippen LogP contribution in [0.4, 0.5) is 4.39 Å². The van der Waals surface area contributed by atoms with Gasteiger partial charge in [-0.05, 0) is 74.2 Å². The first-order valence-corrected chi connectivity index (χ1v) is 14.4. The number of hydrogen-bond acceptors (Lipinski definition) is 6. The third-order valence-electron chi connectivity index (χ3n) is 6.19. The van der Waals surface area contributed by atoms with Crippen LogP contribution in [0, 0.1) is 11.2 Å². The van der Waals surface area contributed by atoms with Crippen molar-refractivity contribution in [1.29, 1.82) is 0 Å². The first kappa shape index (κ1) is 28.0. The van der Waals surface area contributed by atoms with Crippen LogP contribution in [-0.2, 0) is 24.9 Å². The molecule has 0 saturated carbocycles. The van der Waals surface area contributed by atoms with Crippen molar-refractivity contribution in [2.45, 2.75) is 55.4 Å². The summed E-state index contributed by atoms with van der Waals surface area (Å²) in [6.45, 7) is 4.49. The molecule has 0 aliphatic carbocycles. The van der Waals surface area contributed by atoms with E-state index in [4.69, 9.17) is 9.29 Å². The van der Waals surface area contributed by atoms with Gasteiger partial charge in [0.15, 0.2) is 0 Å². The van der Waals surface area contributed by atoms with Crippen LogP contribution in [-0.4, -0.2) is 57.3 Å². The summed E-state index contributed by atoms with van der Waals surface area (Å²) in [5.41, 5.74) is -0.649. The molecule has 198 valence electrons. The van der Waals surface area contributed by atoms with Crippen molar-refractivity contribution in [3.05, 3.63) is 54.3 Å². The predicted molar refractivity (Wildman–Crippen MR) is 131 cm³/mol. The zero-order chi connectivity index (χ0) is 26.6. The molecule has 0 bridgehead atoms. The van der Waals surface area contributed by atoms with E-state index in [1.807, 2.05) is 13.8 Å². The molecule has 0 radical (unpaired) electrons. The van der Waals surface area contributed by atoms with E-state index in [0.717, 1.165) is 24.3 Å². The lowest BCUT2D eigenvalue weighted by molar-refractivity contribution is -0.130. The van der Waals surface area contributed by atoms with Gasteiger partial charge >= 0.3 is 0 Å². The first-order valence-electron chi connectivity index (χ1n) is 11.6. The lowest BCUT2D eigenvalue weighted by Gasteiger charge is -2.33. The van der Waals surface area contributed by atoms with E-state index < -0.39 is 25.6 Å². The first-order chi connectivity index (χ1) is 16.8. The number of benzene rings is 2. The Labute approximate surface area is 211 Å². The monoisotopic (exact) mass is 542 g/mol. The second-order valence-electron chi connectivity index (χ2n) is 9.39. The van der Waals surface area contributed by atoms with Crippen molar-refractivity contribution in [2.24, 2.45) is 5.41 Å². The van der Waals surface area contributed by atoms with Crippen molar-refractivity contribution >= 4 is 26.0 Å². The number of carbonyl (C=O) groups is 1. The molecule has 1 aliphatic heterocycles. The summed E-state index contributed by atoms with van der Waals surface area (Å²) in [5, 5.41) is 3.02. The van der Waals surface area contributed by atoms with Crippen LogP contribution in [0.2, 0.25) is 0 Å². The highest BCUT2D eigenvalue weighted by atomic mass is 32.2. The Morgan fingerprint density at radius 3 is 2.14 bits per heavy atom. The molecule has 0 atom stereocenters. The van der Waals surface area contributed by atoms with Gasteiger partial charge in [0.2, 0.25) is 15.9 Å². The van der Waals surface area contributed by atoms with E-state index >= 15 is 0 Å². The number of sulfonamides is 1. The molecule has 0 aromatic heterocycles. The number of carbonyl (C=O) groups excluding carboxylic acids is 1. The largest absolute Gasteiger partial charge is 0.494 e. The van der Waals surface area contributed by atoms with Crippen molar-refractivity contribution in [2.75, 3.05) is 19.7 Å². The number of halogens is 1. The fraction of sp³-hybridized carbons (Fsp3) is 0.458. The Morgan fingerprint density at radius 1 is 1.03 bits per heavy atom. The van der Waals surface area contributed by atoms with E-state index in [0.29, 0.717) is 38.0 Å². The zero-order valence-electron chi connectivity index (χ0n) is 20.2. The number of ether oxygens (including phenoxy) is 1. The van der Waals surface area contributed by atoms with Crippen LogP contribution in [0.5, 0.6) is 5.75 Å². The Morgan fingerprint density at radius 2 is 1.58 bits per heavy atom. The second-order valence-corrected chi connectivity index (χ2v) is 12.7. The summed E-state index contributed by atoms with van der Waals surface area (Å²) < 4.78 is 77.1. The van der Waals surface area contributed by atoms with Crippen molar-refractivity contribution < 1.29 is 35.3 Å². The number of rotatable bonds is 10. The molecule has 2 aromatic carbocycles. The van der Waals surface area contributed by atoms with E-state index in [2.05, 4.69) is 5.32 Å². The zero-order valence-corrected chi connectivity index (χ0v) is 21.8. The quantitative estimate of drug-likeness (QED) is 0.348. The van der Waals surface area contributed by atoms with Crippen molar-refractivity contribution in [1.82, 2.24) is 9.62 Å². The minimum Gasteiger partial charge on any atom is -0.494 e. The lowest BCUT2D eigenvalue weighted by Crippen LogP contribution is -2.49. The van der Waals surface area contributed by atoms with Crippen molar-refractivity contribution in [3.8, 4) is 5.75 Å². The third-order valence-corrected chi connectivity index (χ3v) is 8.97. The maximum Gasteiger partial charge on any atom is 0.294 e. The van der Waals surface area contributed by atoms with Gasteiger partial charge in [-0.25, -0.2) is 12.8 Å². The predicted octanol–water partition coefficient (Wildman–Crippen LogP) is 3.23. The number of piperidine rings is 1. The Kier molecular flexibility index (Phi) is 8.75. The molecule has 1 fully saturated rings. The average Bonchev–Trinajstić information content (AvgIpc) is 2.83. The molecular weight excluding hydrogens is 511 g/mol. The van der Waals surface area contributed by atoms with Gasteiger partial charge in [0.25, 0.3) is 10.1 Å². The molecule has 12 heteroatoms. The molecule has 9 nitrogen and oxygen atoms in total. The van der Waals surface area contributed by atoms with E-state index in [1.54, 1.807) is 12.1 Å². The molecule has 1 amide bonds. The molecule has 2 N–H and O–H groups in total. The number of hydrogen-bond donors (Lipinski definition) is 2. The van der Waals surface area contributed by atoms with Gasteiger partial charge in [0.05, 0.1) is 16.4 Å². The van der Waals surface area contributed by atoms with Crippen LogP contribution in [0.25, 0.3) is 0 Å². The highest BCUT2D eigenvalue weighted by molar-refractivity contribution is 7.89. The Hall–Kier alpha value is -2.54. The highest BCUT2D eigenvalue weighted by Crippen LogP contribution is 2.26. The molecule has 3 rings (SSSR count). The molecular formula is C24H31FN2O7S2. The van der Waals surface area contributed by atoms with E-state index in [9.17, 15) is 26.0 Å². The normalized spacial score (nSPS) is 16.0. The highest BCUT2D eigenvalue weighted by Gasteiger charge is 2.33. The van der Waals surface area contributed by atoms with Gasteiger partial charge in [-0.1, -0.05) is 13.8 Å². The molecule has 1 aliphatic rings. The minimum absolute atomic E-state index is 0.0682. The van der Waals surface area contributed by atoms with Gasteiger partial charge in [-0.15, -0.1) is 0 Å². The van der Waals surface area contributed by atoms with Crippen LogP contribution < -0.4 is 10.1 Å². The lowest BCUT2D eigenvalue weighted by atomic mass is 9.86. The molecule has 0 spiro atoms. The second kappa shape index (κ2) is 11.2.